The Kier molecular flexibility index (Phi) is 6.04. The number of amides is 3. The van der Waals surface area contributed by atoms with Crippen molar-refractivity contribution in [3.8, 4) is 0 Å². The van der Waals surface area contributed by atoms with E-state index in [1.807, 2.05) is 36.4 Å². The molecule has 1 atom stereocenters. The van der Waals surface area contributed by atoms with Crippen LogP contribution in [0.5, 0.6) is 0 Å². The maximum atomic E-state index is 12.5. The number of urea groups is 1. The number of nitrogens with two attached hydrogens (primary N) is 1. The molecule has 0 aliphatic carbocycles. The average molecular weight is 409 g/mol. The summed E-state index contributed by atoms with van der Waals surface area (Å²) in [4.78, 5) is 28.9. The Labute approximate surface area is 176 Å². The second-order valence-corrected chi connectivity index (χ2v) is 7.57. The van der Waals surface area contributed by atoms with E-state index in [0.717, 1.165) is 25.2 Å². The summed E-state index contributed by atoms with van der Waals surface area (Å²) in [5.41, 5.74) is 8.63. The molecule has 2 aromatic carbocycles. The number of nitrogen functional groups attached to an aromatic ring is 1. The van der Waals surface area contributed by atoms with E-state index in [2.05, 4.69) is 15.5 Å². The molecule has 0 aromatic heterocycles. The summed E-state index contributed by atoms with van der Waals surface area (Å²) in [6.07, 6.45) is 0.894. The molecule has 158 valence electrons. The van der Waals surface area contributed by atoms with Gasteiger partial charge in [0.2, 0.25) is 0 Å². The van der Waals surface area contributed by atoms with Crippen LogP contribution in [-0.2, 0) is 4.74 Å². The molecule has 0 bridgehead atoms. The predicted octanol–water partition coefficient (Wildman–Crippen LogP) is 2.14. The third-order valence-corrected chi connectivity index (χ3v) is 5.52. The van der Waals surface area contributed by atoms with E-state index in [0.29, 0.717) is 43.2 Å². The number of anilines is 3. The monoisotopic (exact) mass is 409 g/mol. The van der Waals surface area contributed by atoms with Gasteiger partial charge in [-0.2, -0.15) is 0 Å². The number of ether oxygens (including phenoxy) is 1. The Balaban J connectivity index is 1.31. The van der Waals surface area contributed by atoms with Crippen molar-refractivity contribution in [2.45, 2.75) is 12.5 Å². The standard InChI is InChI=1S/C22H27N5O3/c23-19-3-1-2-4-20(19)25-21(28)16-5-7-18(8-6-16)27-10-9-17(15-27)24-22(29)26-11-13-30-14-12-26/h1-8,17H,9-15,23H2,(H,24,29)(H,25,28)/t17-/m0/s1. The molecule has 3 amide bonds. The largest absolute Gasteiger partial charge is 0.397 e. The lowest BCUT2D eigenvalue weighted by Gasteiger charge is -2.28. The van der Waals surface area contributed by atoms with Gasteiger partial charge in [0, 0.05) is 43.5 Å². The zero-order valence-electron chi connectivity index (χ0n) is 16.8. The quantitative estimate of drug-likeness (QED) is 0.672. The zero-order valence-corrected chi connectivity index (χ0v) is 16.8. The van der Waals surface area contributed by atoms with Crippen molar-refractivity contribution in [1.82, 2.24) is 10.2 Å². The Morgan fingerprint density at radius 2 is 1.73 bits per heavy atom. The molecule has 4 rings (SSSR count). The predicted molar refractivity (Wildman–Crippen MR) is 117 cm³/mol. The first kappa shape index (κ1) is 20.0. The maximum absolute atomic E-state index is 12.5. The lowest BCUT2D eigenvalue weighted by molar-refractivity contribution is 0.0526. The van der Waals surface area contributed by atoms with Gasteiger partial charge in [-0.1, -0.05) is 12.1 Å². The minimum atomic E-state index is -0.198. The molecule has 0 saturated carbocycles. The molecule has 0 spiro atoms. The highest BCUT2D eigenvalue weighted by Gasteiger charge is 2.26. The Morgan fingerprint density at radius 1 is 1.00 bits per heavy atom. The summed E-state index contributed by atoms with van der Waals surface area (Å²) in [7, 11) is 0. The van der Waals surface area contributed by atoms with Crippen molar-refractivity contribution in [2.75, 3.05) is 55.3 Å². The highest BCUT2D eigenvalue weighted by molar-refractivity contribution is 6.05. The molecule has 2 aliphatic rings. The van der Waals surface area contributed by atoms with Gasteiger partial charge >= 0.3 is 6.03 Å². The molecule has 2 saturated heterocycles. The fraction of sp³-hybridized carbons (Fsp3) is 0.364. The van der Waals surface area contributed by atoms with Crippen LogP contribution in [0.15, 0.2) is 48.5 Å². The number of nitrogens with zero attached hydrogens (tertiary/aromatic N) is 2. The number of para-hydroxylation sites is 2. The third-order valence-electron chi connectivity index (χ3n) is 5.52. The number of nitrogens with one attached hydrogen (secondary N) is 2. The van der Waals surface area contributed by atoms with Crippen molar-refractivity contribution < 1.29 is 14.3 Å². The van der Waals surface area contributed by atoms with Crippen LogP contribution in [-0.4, -0.2) is 62.3 Å². The van der Waals surface area contributed by atoms with Crippen LogP contribution in [0.1, 0.15) is 16.8 Å². The van der Waals surface area contributed by atoms with Gasteiger partial charge in [0.25, 0.3) is 5.91 Å². The molecule has 8 nitrogen and oxygen atoms in total. The number of morpholine rings is 1. The second kappa shape index (κ2) is 9.04. The van der Waals surface area contributed by atoms with E-state index in [9.17, 15) is 9.59 Å². The van der Waals surface area contributed by atoms with Gasteiger partial charge in [-0.15, -0.1) is 0 Å². The Morgan fingerprint density at radius 3 is 2.47 bits per heavy atom. The van der Waals surface area contributed by atoms with Crippen molar-refractivity contribution >= 4 is 29.0 Å². The summed E-state index contributed by atoms with van der Waals surface area (Å²) in [5.74, 6) is -0.198. The van der Waals surface area contributed by atoms with Crippen LogP contribution in [0.2, 0.25) is 0 Å². The molecule has 2 aromatic rings. The van der Waals surface area contributed by atoms with Crippen LogP contribution in [0.3, 0.4) is 0 Å². The van der Waals surface area contributed by atoms with E-state index in [1.54, 1.807) is 17.0 Å². The van der Waals surface area contributed by atoms with Gasteiger partial charge in [0.15, 0.2) is 0 Å². The number of carbonyl (C=O) groups is 2. The van der Waals surface area contributed by atoms with Gasteiger partial charge in [-0.25, -0.2) is 4.79 Å². The van der Waals surface area contributed by atoms with Gasteiger partial charge in [-0.05, 0) is 42.8 Å². The maximum Gasteiger partial charge on any atom is 0.317 e. The molecule has 2 heterocycles. The highest BCUT2D eigenvalue weighted by atomic mass is 16.5. The molecule has 2 fully saturated rings. The van der Waals surface area contributed by atoms with Crippen LogP contribution < -0.4 is 21.3 Å². The first-order valence-electron chi connectivity index (χ1n) is 10.2. The van der Waals surface area contributed by atoms with E-state index in [1.165, 1.54) is 0 Å². The van der Waals surface area contributed by atoms with Crippen molar-refractivity contribution in [2.24, 2.45) is 0 Å². The summed E-state index contributed by atoms with van der Waals surface area (Å²) in [5, 5.41) is 5.96. The Bertz CT molecular complexity index is 896. The molecule has 4 N–H and O–H groups in total. The van der Waals surface area contributed by atoms with Crippen molar-refractivity contribution in [3.05, 3.63) is 54.1 Å². The molecule has 2 aliphatic heterocycles. The summed E-state index contributed by atoms with van der Waals surface area (Å²) in [6.45, 7) is 4.09. The number of carbonyl (C=O) groups excluding carboxylic acids is 2. The summed E-state index contributed by atoms with van der Waals surface area (Å²) < 4.78 is 5.30. The molecule has 30 heavy (non-hydrogen) atoms. The lowest BCUT2D eigenvalue weighted by atomic mass is 10.1. The fourth-order valence-electron chi connectivity index (χ4n) is 3.77. The zero-order chi connectivity index (χ0) is 20.9. The number of hydrogen-bond acceptors (Lipinski definition) is 5. The summed E-state index contributed by atoms with van der Waals surface area (Å²) >= 11 is 0. The minimum Gasteiger partial charge on any atom is -0.397 e. The fourth-order valence-corrected chi connectivity index (χ4v) is 3.77. The molecule has 0 unspecified atom stereocenters. The van der Waals surface area contributed by atoms with Gasteiger partial charge in [0.05, 0.1) is 24.6 Å². The Hall–Kier alpha value is -3.26. The van der Waals surface area contributed by atoms with Crippen LogP contribution in [0.4, 0.5) is 21.9 Å². The number of hydrogen-bond donors (Lipinski definition) is 3. The van der Waals surface area contributed by atoms with Crippen LogP contribution in [0, 0.1) is 0 Å². The van der Waals surface area contributed by atoms with Crippen molar-refractivity contribution in [1.29, 1.82) is 0 Å². The normalized spacial score (nSPS) is 18.9. The van der Waals surface area contributed by atoms with Crippen molar-refractivity contribution in [3.63, 3.8) is 0 Å². The smallest absolute Gasteiger partial charge is 0.317 e. The second-order valence-electron chi connectivity index (χ2n) is 7.57. The minimum absolute atomic E-state index is 0.0163. The first-order valence-corrected chi connectivity index (χ1v) is 10.2. The molecule has 8 heteroatoms. The van der Waals surface area contributed by atoms with E-state index in [-0.39, 0.29) is 18.0 Å². The highest BCUT2D eigenvalue weighted by Crippen LogP contribution is 2.22. The van der Waals surface area contributed by atoms with E-state index in [4.69, 9.17) is 10.5 Å². The SMILES string of the molecule is Nc1ccccc1NC(=O)c1ccc(N2CC[C@H](NC(=O)N3CCOCC3)C2)cc1. The van der Waals surface area contributed by atoms with Gasteiger partial charge in [-0.3, -0.25) is 4.79 Å². The van der Waals surface area contributed by atoms with E-state index >= 15 is 0 Å². The lowest BCUT2D eigenvalue weighted by Crippen LogP contribution is -2.49. The third kappa shape index (κ3) is 4.65. The average Bonchev–Trinajstić information content (AvgIpc) is 3.24. The van der Waals surface area contributed by atoms with E-state index < -0.39 is 0 Å². The molecule has 0 radical (unpaired) electrons. The molecular formula is C22H27N5O3. The first-order chi connectivity index (χ1) is 14.6. The topological polar surface area (TPSA) is 99.9 Å². The number of benzene rings is 2. The summed E-state index contributed by atoms with van der Waals surface area (Å²) in [6, 6.07) is 14.8. The number of rotatable bonds is 4. The van der Waals surface area contributed by atoms with Crippen LogP contribution in [0.25, 0.3) is 0 Å². The van der Waals surface area contributed by atoms with Gasteiger partial charge in [0.1, 0.15) is 0 Å². The van der Waals surface area contributed by atoms with Gasteiger partial charge < -0.3 is 30.9 Å². The molecular weight excluding hydrogens is 382 g/mol. The van der Waals surface area contributed by atoms with Crippen LogP contribution >= 0.6 is 0 Å².